The summed E-state index contributed by atoms with van der Waals surface area (Å²) in [5.41, 5.74) is 2.79. The molecule has 1 N–H and O–H groups in total. The molecular weight excluding hydrogens is 186 g/mol. The van der Waals surface area contributed by atoms with Crippen LogP contribution in [0.25, 0.3) is 10.2 Å². The fraction of sp³-hybridized carbons (Fsp3) is 0.222. The number of aliphatic hydroxyl groups is 1. The largest absolute Gasteiger partial charge is 0.491 e. The summed E-state index contributed by atoms with van der Waals surface area (Å²) >= 11 is 1.58. The topological polar surface area (TPSA) is 42.4 Å². The molecule has 0 aliphatic carbocycles. The third kappa shape index (κ3) is 1.79. The summed E-state index contributed by atoms with van der Waals surface area (Å²) in [6.07, 6.45) is 0. The van der Waals surface area contributed by atoms with Gasteiger partial charge in [-0.25, -0.2) is 4.98 Å². The van der Waals surface area contributed by atoms with Gasteiger partial charge in [-0.3, -0.25) is 0 Å². The van der Waals surface area contributed by atoms with E-state index in [0.29, 0.717) is 6.61 Å². The van der Waals surface area contributed by atoms with Gasteiger partial charge in [-0.15, -0.1) is 11.3 Å². The lowest BCUT2D eigenvalue weighted by atomic mass is 10.3. The van der Waals surface area contributed by atoms with Crippen molar-refractivity contribution in [2.75, 3.05) is 13.2 Å². The van der Waals surface area contributed by atoms with Gasteiger partial charge < -0.3 is 9.84 Å². The van der Waals surface area contributed by atoms with Crippen molar-refractivity contribution in [3.05, 3.63) is 23.7 Å². The van der Waals surface area contributed by atoms with Crippen LogP contribution >= 0.6 is 11.3 Å². The van der Waals surface area contributed by atoms with E-state index >= 15 is 0 Å². The zero-order valence-electron chi connectivity index (χ0n) is 6.93. The van der Waals surface area contributed by atoms with Crippen LogP contribution < -0.4 is 4.74 Å². The smallest absolute Gasteiger partial charge is 0.120 e. The number of fused-ring (bicyclic) bond motifs is 1. The highest BCUT2D eigenvalue weighted by Gasteiger charge is 1.98. The maximum atomic E-state index is 8.57. The summed E-state index contributed by atoms with van der Waals surface area (Å²) in [7, 11) is 0. The highest BCUT2D eigenvalue weighted by Crippen LogP contribution is 2.22. The number of hydrogen-bond donors (Lipinski definition) is 1. The third-order valence-corrected chi connectivity index (χ3v) is 2.45. The maximum absolute atomic E-state index is 8.57. The van der Waals surface area contributed by atoms with E-state index in [0.717, 1.165) is 16.0 Å². The Labute approximate surface area is 79.6 Å². The van der Waals surface area contributed by atoms with Crippen LogP contribution in [0.5, 0.6) is 5.75 Å². The van der Waals surface area contributed by atoms with Crippen LogP contribution in [0.3, 0.4) is 0 Å². The van der Waals surface area contributed by atoms with E-state index in [4.69, 9.17) is 9.84 Å². The molecule has 68 valence electrons. The van der Waals surface area contributed by atoms with Crippen LogP contribution in [-0.2, 0) is 0 Å². The summed E-state index contributed by atoms with van der Waals surface area (Å²) in [6.45, 7) is 0.380. The minimum atomic E-state index is 0.0424. The first-order valence-corrected chi connectivity index (χ1v) is 4.85. The predicted octanol–water partition coefficient (Wildman–Crippen LogP) is 1.67. The second-order valence-corrected chi connectivity index (χ2v) is 3.44. The van der Waals surface area contributed by atoms with Gasteiger partial charge in [0.1, 0.15) is 12.4 Å². The molecular formula is C9H9NO2S. The molecule has 0 radical (unpaired) electrons. The molecule has 4 heteroatoms. The fourth-order valence-electron chi connectivity index (χ4n) is 1.09. The van der Waals surface area contributed by atoms with Gasteiger partial charge in [0.2, 0.25) is 0 Å². The maximum Gasteiger partial charge on any atom is 0.120 e. The van der Waals surface area contributed by atoms with Crippen molar-refractivity contribution in [3.63, 3.8) is 0 Å². The quantitative estimate of drug-likeness (QED) is 0.810. The molecule has 0 bridgehead atoms. The summed E-state index contributed by atoms with van der Waals surface area (Å²) in [5, 5.41) is 8.57. The van der Waals surface area contributed by atoms with Gasteiger partial charge in [0.05, 0.1) is 22.3 Å². The van der Waals surface area contributed by atoms with E-state index in [1.807, 2.05) is 18.2 Å². The Hall–Kier alpha value is -1.13. The molecule has 1 aromatic heterocycles. The van der Waals surface area contributed by atoms with Crippen molar-refractivity contribution in [3.8, 4) is 5.75 Å². The van der Waals surface area contributed by atoms with Gasteiger partial charge in [0, 0.05) is 0 Å². The van der Waals surface area contributed by atoms with Crippen molar-refractivity contribution < 1.29 is 9.84 Å². The van der Waals surface area contributed by atoms with E-state index < -0.39 is 0 Å². The van der Waals surface area contributed by atoms with Crippen molar-refractivity contribution in [1.29, 1.82) is 0 Å². The molecule has 0 unspecified atom stereocenters. The predicted molar refractivity (Wildman–Crippen MR) is 52.2 cm³/mol. The first-order valence-electron chi connectivity index (χ1n) is 3.97. The van der Waals surface area contributed by atoms with Gasteiger partial charge in [-0.05, 0) is 18.2 Å². The Morgan fingerprint density at radius 3 is 3.23 bits per heavy atom. The van der Waals surface area contributed by atoms with E-state index in [9.17, 15) is 0 Å². The molecule has 2 aromatic rings. The van der Waals surface area contributed by atoms with Gasteiger partial charge in [-0.1, -0.05) is 0 Å². The number of rotatable bonds is 3. The summed E-state index contributed by atoms with van der Waals surface area (Å²) < 4.78 is 6.37. The minimum absolute atomic E-state index is 0.0424. The second-order valence-electron chi connectivity index (χ2n) is 2.55. The molecule has 0 fully saturated rings. The lowest BCUT2D eigenvalue weighted by molar-refractivity contribution is 0.201. The zero-order chi connectivity index (χ0) is 9.10. The molecule has 0 saturated carbocycles. The lowest BCUT2D eigenvalue weighted by Gasteiger charge is -2.02. The van der Waals surface area contributed by atoms with Crippen LogP contribution in [0.2, 0.25) is 0 Å². The van der Waals surface area contributed by atoms with Crippen LogP contribution in [0.15, 0.2) is 23.7 Å². The number of ether oxygens (including phenoxy) is 1. The van der Waals surface area contributed by atoms with Crippen molar-refractivity contribution >= 4 is 21.6 Å². The highest BCUT2D eigenvalue weighted by molar-refractivity contribution is 7.16. The Morgan fingerprint density at radius 2 is 2.38 bits per heavy atom. The third-order valence-electron chi connectivity index (χ3n) is 1.66. The average Bonchev–Trinajstić information content (AvgIpc) is 2.61. The van der Waals surface area contributed by atoms with E-state index in [-0.39, 0.29) is 6.61 Å². The van der Waals surface area contributed by atoms with Gasteiger partial charge >= 0.3 is 0 Å². The van der Waals surface area contributed by atoms with Crippen molar-refractivity contribution in [2.24, 2.45) is 0 Å². The fourth-order valence-corrected chi connectivity index (χ4v) is 1.79. The van der Waals surface area contributed by atoms with E-state index in [1.54, 1.807) is 16.8 Å². The molecule has 1 heterocycles. The van der Waals surface area contributed by atoms with E-state index in [1.165, 1.54) is 0 Å². The number of aromatic nitrogens is 1. The normalized spacial score (nSPS) is 10.5. The Bertz CT molecular complexity index is 399. The molecule has 0 amide bonds. The number of benzene rings is 1. The molecule has 0 aliphatic heterocycles. The molecule has 2 rings (SSSR count). The van der Waals surface area contributed by atoms with Crippen molar-refractivity contribution in [2.45, 2.75) is 0 Å². The van der Waals surface area contributed by atoms with Crippen LogP contribution in [0, 0.1) is 0 Å². The molecule has 0 saturated heterocycles. The molecule has 0 atom stereocenters. The van der Waals surface area contributed by atoms with Gasteiger partial charge in [-0.2, -0.15) is 0 Å². The molecule has 0 aliphatic rings. The Kier molecular flexibility index (Phi) is 2.42. The second kappa shape index (κ2) is 3.72. The number of thiazole rings is 1. The molecule has 0 spiro atoms. The lowest BCUT2D eigenvalue weighted by Crippen LogP contribution is -2.00. The molecule has 1 aromatic carbocycles. The number of hydrogen-bond acceptors (Lipinski definition) is 4. The first-order chi connectivity index (χ1) is 6.40. The van der Waals surface area contributed by atoms with Crippen molar-refractivity contribution in [1.82, 2.24) is 4.98 Å². The number of nitrogens with zero attached hydrogens (tertiary/aromatic N) is 1. The summed E-state index contributed by atoms with van der Waals surface area (Å²) in [6, 6.07) is 5.71. The average molecular weight is 195 g/mol. The van der Waals surface area contributed by atoms with Gasteiger partial charge in [0.15, 0.2) is 0 Å². The highest BCUT2D eigenvalue weighted by atomic mass is 32.1. The minimum Gasteiger partial charge on any atom is -0.491 e. The zero-order valence-corrected chi connectivity index (χ0v) is 7.75. The Morgan fingerprint density at radius 1 is 1.46 bits per heavy atom. The SMILES string of the molecule is OCCOc1ccc2ncsc2c1. The monoisotopic (exact) mass is 195 g/mol. The van der Waals surface area contributed by atoms with E-state index in [2.05, 4.69) is 4.98 Å². The molecule has 13 heavy (non-hydrogen) atoms. The van der Waals surface area contributed by atoms with Crippen LogP contribution in [-0.4, -0.2) is 23.3 Å². The standard InChI is InChI=1S/C9H9NO2S/c11-3-4-12-7-1-2-8-9(5-7)13-6-10-8/h1-2,5-6,11H,3-4H2. The first kappa shape index (κ1) is 8.47. The summed E-state index contributed by atoms with van der Waals surface area (Å²) in [4.78, 5) is 4.15. The van der Waals surface area contributed by atoms with Gasteiger partial charge in [0.25, 0.3) is 0 Å². The Balaban J connectivity index is 2.26. The van der Waals surface area contributed by atoms with Crippen LogP contribution in [0.1, 0.15) is 0 Å². The summed E-state index contributed by atoms with van der Waals surface area (Å²) in [5.74, 6) is 0.783. The van der Waals surface area contributed by atoms with Crippen LogP contribution in [0.4, 0.5) is 0 Å². The molecule has 3 nitrogen and oxygen atoms in total. The number of aliphatic hydroxyl groups excluding tert-OH is 1.